The van der Waals surface area contributed by atoms with E-state index < -0.39 is 15.7 Å². The number of aliphatic imine (C=N–C) groups is 1. The van der Waals surface area contributed by atoms with Crippen molar-refractivity contribution in [3.63, 3.8) is 0 Å². The zero-order valence-corrected chi connectivity index (χ0v) is 20.6. The molecule has 0 aromatic heterocycles. The van der Waals surface area contributed by atoms with E-state index in [0.717, 1.165) is 33.1 Å². The lowest BCUT2D eigenvalue weighted by Gasteiger charge is -2.20. The van der Waals surface area contributed by atoms with Crippen molar-refractivity contribution >= 4 is 64.9 Å². The lowest BCUT2D eigenvalue weighted by molar-refractivity contribution is -0.114. The molecule has 2 aliphatic rings. The van der Waals surface area contributed by atoms with E-state index in [9.17, 15) is 13.2 Å². The maximum atomic E-state index is 12.5. The van der Waals surface area contributed by atoms with Crippen LogP contribution in [0, 0.1) is 5.41 Å². The number of amides is 1. The molecule has 0 bridgehead atoms. The molecule has 0 unspecified atom stereocenters. The van der Waals surface area contributed by atoms with Crippen molar-refractivity contribution in [1.29, 1.82) is 5.41 Å². The number of carbonyl (C=O) groups excluding carboxylic acids is 1. The molecule has 2 heterocycles. The Kier molecular flexibility index (Phi) is 6.41. The zero-order chi connectivity index (χ0) is 23.8. The first kappa shape index (κ1) is 23.2. The number of hydrogen-bond acceptors (Lipinski definition) is 8. The number of thioether (sulfide) groups is 1. The maximum Gasteiger partial charge on any atom is 0.283 e. The summed E-state index contributed by atoms with van der Waals surface area (Å²) in [6.45, 7) is 0.345. The molecule has 1 N–H and O–H groups in total. The molecule has 0 aliphatic carbocycles. The van der Waals surface area contributed by atoms with E-state index in [-0.39, 0.29) is 21.0 Å². The van der Waals surface area contributed by atoms with E-state index >= 15 is 0 Å². The molecule has 33 heavy (non-hydrogen) atoms. The normalized spacial score (nSPS) is 17.1. The summed E-state index contributed by atoms with van der Waals surface area (Å²) in [4.78, 5) is 16.4. The van der Waals surface area contributed by atoms with Crippen LogP contribution < -0.4 is 9.47 Å². The van der Waals surface area contributed by atoms with Crippen molar-refractivity contribution in [2.75, 3.05) is 13.4 Å². The SMILES string of the molecule is COc1cc(/C=C2\C(=N)N3N=C(S(C)(=O)=O)SC3=NC2=O)ccc1OCc1ccc(Br)cc1. The Bertz CT molecular complexity index is 1350. The highest BCUT2D eigenvalue weighted by molar-refractivity contribution is 9.10. The van der Waals surface area contributed by atoms with E-state index in [4.69, 9.17) is 14.9 Å². The van der Waals surface area contributed by atoms with Gasteiger partial charge in [0.2, 0.25) is 19.4 Å². The fourth-order valence-corrected chi connectivity index (χ4v) is 4.88. The van der Waals surface area contributed by atoms with Gasteiger partial charge in [0.1, 0.15) is 6.61 Å². The Morgan fingerprint density at radius 2 is 1.91 bits per heavy atom. The molecule has 2 aliphatic heterocycles. The van der Waals surface area contributed by atoms with E-state index in [1.54, 1.807) is 18.2 Å². The number of ether oxygens (including phenoxy) is 2. The summed E-state index contributed by atoms with van der Waals surface area (Å²) in [6, 6.07) is 12.8. The van der Waals surface area contributed by atoms with Gasteiger partial charge in [-0.2, -0.15) is 10.0 Å². The van der Waals surface area contributed by atoms with Crippen molar-refractivity contribution in [2.45, 2.75) is 6.61 Å². The van der Waals surface area contributed by atoms with Gasteiger partial charge in [0, 0.05) is 10.7 Å². The van der Waals surface area contributed by atoms with Gasteiger partial charge in [0.15, 0.2) is 17.3 Å². The van der Waals surface area contributed by atoms with E-state index in [2.05, 4.69) is 26.0 Å². The van der Waals surface area contributed by atoms with Gasteiger partial charge in [-0.3, -0.25) is 10.2 Å². The first-order chi connectivity index (χ1) is 15.7. The standard InChI is InChI=1S/C21H17BrN4O5S2/c1-30-17-10-13(5-8-16(17)31-11-12-3-6-14(22)7-4-12)9-15-18(23)26-20(24-19(15)27)32-21(25-26)33(2,28)29/h3-10,23H,11H2,1-2H3/b15-9+,23-18?. The monoisotopic (exact) mass is 548 g/mol. The first-order valence-corrected chi connectivity index (χ1v) is 12.9. The van der Waals surface area contributed by atoms with Crippen molar-refractivity contribution in [3.05, 3.63) is 63.6 Å². The molecule has 9 nitrogen and oxygen atoms in total. The largest absolute Gasteiger partial charge is 0.493 e. The summed E-state index contributed by atoms with van der Waals surface area (Å²) < 4.78 is 35.6. The predicted molar refractivity (Wildman–Crippen MR) is 131 cm³/mol. The zero-order valence-electron chi connectivity index (χ0n) is 17.4. The number of nitrogens with zero attached hydrogens (tertiary/aromatic N) is 3. The van der Waals surface area contributed by atoms with Crippen molar-refractivity contribution in [1.82, 2.24) is 5.01 Å². The topological polar surface area (TPSA) is 121 Å². The Morgan fingerprint density at radius 1 is 1.18 bits per heavy atom. The van der Waals surface area contributed by atoms with E-state index in [0.29, 0.717) is 23.7 Å². The number of hydrogen-bond donors (Lipinski definition) is 1. The summed E-state index contributed by atoms with van der Waals surface area (Å²) in [6.07, 6.45) is 2.48. The Balaban J connectivity index is 1.57. The van der Waals surface area contributed by atoms with Crippen LogP contribution in [0.3, 0.4) is 0 Å². The van der Waals surface area contributed by atoms with Crippen LogP contribution >= 0.6 is 27.7 Å². The highest BCUT2D eigenvalue weighted by Gasteiger charge is 2.38. The van der Waals surface area contributed by atoms with Crippen LogP contribution in [-0.4, -0.2) is 48.1 Å². The number of halogens is 1. The molecular formula is C21H17BrN4O5S2. The highest BCUT2D eigenvalue weighted by Crippen LogP contribution is 2.32. The second-order valence-electron chi connectivity index (χ2n) is 6.98. The Labute approximate surface area is 202 Å². The molecule has 4 rings (SSSR count). The Morgan fingerprint density at radius 3 is 2.58 bits per heavy atom. The minimum atomic E-state index is -3.59. The number of carbonyl (C=O) groups is 1. The third kappa shape index (κ3) is 5.02. The lowest BCUT2D eigenvalue weighted by atomic mass is 10.1. The second kappa shape index (κ2) is 9.12. The average molecular weight is 549 g/mol. The van der Waals surface area contributed by atoms with Gasteiger partial charge >= 0.3 is 0 Å². The van der Waals surface area contributed by atoms with Crippen molar-refractivity contribution in [3.8, 4) is 11.5 Å². The number of sulfone groups is 1. The van der Waals surface area contributed by atoms with Gasteiger partial charge in [0.05, 0.1) is 12.7 Å². The molecular weight excluding hydrogens is 532 g/mol. The molecule has 12 heteroatoms. The summed E-state index contributed by atoms with van der Waals surface area (Å²) in [5.41, 5.74) is 1.54. The van der Waals surface area contributed by atoms with Gasteiger partial charge in [0.25, 0.3) is 5.91 Å². The summed E-state index contributed by atoms with van der Waals surface area (Å²) in [7, 11) is -2.08. The number of rotatable bonds is 5. The Hall–Kier alpha value is -2.96. The second-order valence-corrected chi connectivity index (χ2v) is 11.0. The van der Waals surface area contributed by atoms with Crippen LogP contribution in [0.5, 0.6) is 11.5 Å². The van der Waals surface area contributed by atoms with Gasteiger partial charge in [-0.1, -0.05) is 34.1 Å². The number of hydrazone groups is 1. The van der Waals surface area contributed by atoms with Crippen molar-refractivity contribution in [2.24, 2.45) is 10.1 Å². The minimum Gasteiger partial charge on any atom is -0.493 e. The molecule has 0 saturated heterocycles. The third-order valence-electron chi connectivity index (χ3n) is 4.56. The third-order valence-corrected chi connectivity index (χ3v) is 7.67. The number of fused-ring (bicyclic) bond motifs is 1. The van der Waals surface area contributed by atoms with Gasteiger partial charge in [-0.25, -0.2) is 8.42 Å². The van der Waals surface area contributed by atoms with E-state index in [1.807, 2.05) is 24.3 Å². The van der Waals surface area contributed by atoms with Gasteiger partial charge in [-0.05, 0) is 53.2 Å². The van der Waals surface area contributed by atoms with Crippen LogP contribution in [0.4, 0.5) is 0 Å². The predicted octanol–water partition coefficient (Wildman–Crippen LogP) is 3.66. The van der Waals surface area contributed by atoms with Crippen LogP contribution in [0.1, 0.15) is 11.1 Å². The van der Waals surface area contributed by atoms with Crippen molar-refractivity contribution < 1.29 is 22.7 Å². The first-order valence-electron chi connectivity index (χ1n) is 9.41. The molecule has 0 spiro atoms. The number of amidine groups is 2. The number of methoxy groups -OCH3 is 1. The van der Waals surface area contributed by atoms with Gasteiger partial charge in [-0.15, -0.1) is 5.10 Å². The summed E-state index contributed by atoms with van der Waals surface area (Å²) in [5, 5.41) is 13.4. The smallest absolute Gasteiger partial charge is 0.283 e. The molecule has 1 amide bonds. The fourth-order valence-electron chi connectivity index (χ4n) is 2.93. The lowest BCUT2D eigenvalue weighted by Crippen LogP contribution is -2.35. The summed E-state index contributed by atoms with van der Waals surface area (Å²) in [5.74, 6) is 0.0599. The average Bonchev–Trinajstić information content (AvgIpc) is 3.21. The number of benzene rings is 2. The van der Waals surface area contributed by atoms with Gasteiger partial charge < -0.3 is 9.47 Å². The molecule has 2 aromatic rings. The molecule has 0 radical (unpaired) electrons. The molecule has 0 saturated carbocycles. The maximum absolute atomic E-state index is 12.5. The van der Waals surface area contributed by atoms with Crippen LogP contribution in [0.2, 0.25) is 0 Å². The number of nitrogens with one attached hydrogen (secondary N) is 1. The molecule has 2 aromatic carbocycles. The van der Waals surface area contributed by atoms with Crippen LogP contribution in [-0.2, 0) is 21.2 Å². The quantitative estimate of drug-likeness (QED) is 0.565. The minimum absolute atomic E-state index is 0.0246. The highest BCUT2D eigenvalue weighted by atomic mass is 79.9. The van der Waals surface area contributed by atoms with Crippen LogP contribution in [0.15, 0.2) is 62.6 Å². The summed E-state index contributed by atoms with van der Waals surface area (Å²) >= 11 is 4.14. The molecule has 0 fully saturated rings. The van der Waals surface area contributed by atoms with E-state index in [1.165, 1.54) is 13.2 Å². The molecule has 0 atom stereocenters. The fraction of sp³-hybridized carbons (Fsp3) is 0.143. The van der Waals surface area contributed by atoms with Crippen LogP contribution in [0.25, 0.3) is 6.08 Å². The molecule has 170 valence electrons.